The van der Waals surface area contributed by atoms with Crippen molar-refractivity contribution in [2.24, 2.45) is 0 Å². The van der Waals surface area contributed by atoms with Crippen LogP contribution in [-0.2, 0) is 6.54 Å². The smallest absolute Gasteiger partial charge is 0.0718 e. The maximum Gasteiger partial charge on any atom is 0.0718 e. The van der Waals surface area contributed by atoms with Gasteiger partial charge in [-0.05, 0) is 45.9 Å². The van der Waals surface area contributed by atoms with Gasteiger partial charge in [0, 0.05) is 13.1 Å². The third kappa shape index (κ3) is 4.33. The standard InChI is InChI=1S/C14H23NO/c1-11-6-7-12(2)13(8-11)9-15(5)10-14(3,4)16/h6-8,16H,9-10H2,1-5H3. The summed E-state index contributed by atoms with van der Waals surface area (Å²) >= 11 is 0. The molecule has 2 nitrogen and oxygen atoms in total. The highest BCUT2D eigenvalue weighted by Gasteiger charge is 2.15. The van der Waals surface area contributed by atoms with E-state index < -0.39 is 5.60 Å². The molecule has 90 valence electrons. The molecule has 0 amide bonds. The van der Waals surface area contributed by atoms with Gasteiger partial charge >= 0.3 is 0 Å². The van der Waals surface area contributed by atoms with Crippen molar-refractivity contribution in [3.8, 4) is 0 Å². The Balaban J connectivity index is 2.69. The molecule has 0 bridgehead atoms. The number of rotatable bonds is 4. The van der Waals surface area contributed by atoms with Crippen molar-refractivity contribution in [3.63, 3.8) is 0 Å². The second kappa shape index (κ2) is 4.98. The minimum atomic E-state index is -0.632. The van der Waals surface area contributed by atoms with Crippen LogP contribution in [0.4, 0.5) is 0 Å². The van der Waals surface area contributed by atoms with Gasteiger partial charge in [-0.3, -0.25) is 4.90 Å². The highest BCUT2D eigenvalue weighted by atomic mass is 16.3. The molecule has 1 aromatic carbocycles. The van der Waals surface area contributed by atoms with Crippen molar-refractivity contribution in [1.29, 1.82) is 0 Å². The van der Waals surface area contributed by atoms with Crippen LogP contribution in [0.25, 0.3) is 0 Å². The van der Waals surface area contributed by atoms with Gasteiger partial charge in [-0.25, -0.2) is 0 Å². The Kier molecular flexibility index (Phi) is 4.11. The van der Waals surface area contributed by atoms with E-state index in [0.29, 0.717) is 6.54 Å². The lowest BCUT2D eigenvalue weighted by Gasteiger charge is -2.26. The van der Waals surface area contributed by atoms with E-state index in [1.165, 1.54) is 16.7 Å². The molecule has 1 rings (SSSR count). The highest BCUT2D eigenvalue weighted by Crippen LogP contribution is 2.14. The van der Waals surface area contributed by atoms with Crippen LogP contribution in [0.3, 0.4) is 0 Å². The number of nitrogens with zero attached hydrogens (tertiary/aromatic N) is 1. The second-order valence-electron chi connectivity index (χ2n) is 5.41. The zero-order valence-electron chi connectivity index (χ0n) is 11.0. The number of hydrogen-bond acceptors (Lipinski definition) is 2. The van der Waals surface area contributed by atoms with E-state index in [2.05, 4.69) is 36.9 Å². The van der Waals surface area contributed by atoms with Gasteiger partial charge in [0.1, 0.15) is 0 Å². The number of aliphatic hydroxyl groups is 1. The molecular formula is C14H23NO. The Morgan fingerprint density at radius 2 is 1.88 bits per heavy atom. The Bertz CT molecular complexity index is 352. The molecule has 0 unspecified atom stereocenters. The fourth-order valence-electron chi connectivity index (χ4n) is 1.98. The number of hydrogen-bond donors (Lipinski definition) is 1. The summed E-state index contributed by atoms with van der Waals surface area (Å²) in [6, 6.07) is 6.51. The average molecular weight is 221 g/mol. The molecule has 0 saturated heterocycles. The number of benzene rings is 1. The minimum Gasteiger partial charge on any atom is -0.389 e. The Labute approximate surface area is 98.9 Å². The summed E-state index contributed by atoms with van der Waals surface area (Å²) in [5.41, 5.74) is 3.31. The molecule has 1 aromatic rings. The number of aryl methyl sites for hydroxylation is 2. The molecular weight excluding hydrogens is 198 g/mol. The van der Waals surface area contributed by atoms with Crippen LogP contribution in [0.1, 0.15) is 30.5 Å². The van der Waals surface area contributed by atoms with E-state index in [-0.39, 0.29) is 0 Å². The van der Waals surface area contributed by atoms with Gasteiger partial charge in [-0.15, -0.1) is 0 Å². The molecule has 0 aromatic heterocycles. The topological polar surface area (TPSA) is 23.5 Å². The lowest BCUT2D eigenvalue weighted by atomic mass is 10.0. The van der Waals surface area contributed by atoms with Crippen LogP contribution in [0.2, 0.25) is 0 Å². The van der Waals surface area contributed by atoms with E-state index in [1.807, 2.05) is 20.9 Å². The number of likely N-dealkylation sites (N-methyl/N-ethyl adjacent to an activating group) is 1. The summed E-state index contributed by atoms with van der Waals surface area (Å²) in [6.45, 7) is 9.49. The normalized spacial score (nSPS) is 12.2. The summed E-state index contributed by atoms with van der Waals surface area (Å²) < 4.78 is 0. The summed E-state index contributed by atoms with van der Waals surface area (Å²) in [5.74, 6) is 0. The van der Waals surface area contributed by atoms with E-state index in [4.69, 9.17) is 0 Å². The van der Waals surface area contributed by atoms with Crippen LogP contribution in [0, 0.1) is 13.8 Å². The van der Waals surface area contributed by atoms with Crippen LogP contribution in [0.15, 0.2) is 18.2 Å². The molecule has 16 heavy (non-hydrogen) atoms. The molecule has 0 aliphatic rings. The van der Waals surface area contributed by atoms with Crippen molar-refractivity contribution in [2.75, 3.05) is 13.6 Å². The van der Waals surface area contributed by atoms with E-state index in [1.54, 1.807) is 0 Å². The van der Waals surface area contributed by atoms with Gasteiger partial charge in [0.25, 0.3) is 0 Å². The van der Waals surface area contributed by atoms with Crippen LogP contribution in [0.5, 0.6) is 0 Å². The van der Waals surface area contributed by atoms with E-state index in [0.717, 1.165) is 6.54 Å². The van der Waals surface area contributed by atoms with Crippen molar-refractivity contribution in [2.45, 2.75) is 39.8 Å². The first-order valence-corrected chi connectivity index (χ1v) is 5.75. The first-order chi connectivity index (χ1) is 7.28. The molecule has 0 saturated carbocycles. The SMILES string of the molecule is Cc1ccc(C)c(CN(C)CC(C)(C)O)c1. The lowest BCUT2D eigenvalue weighted by Crippen LogP contribution is -2.35. The fraction of sp³-hybridized carbons (Fsp3) is 0.571. The largest absolute Gasteiger partial charge is 0.389 e. The summed E-state index contributed by atoms with van der Waals surface area (Å²) in [4.78, 5) is 2.15. The summed E-state index contributed by atoms with van der Waals surface area (Å²) in [6.07, 6.45) is 0. The van der Waals surface area contributed by atoms with E-state index in [9.17, 15) is 5.11 Å². The van der Waals surface area contributed by atoms with Crippen LogP contribution < -0.4 is 0 Å². The third-order valence-corrected chi connectivity index (χ3v) is 2.60. The summed E-state index contributed by atoms with van der Waals surface area (Å²) in [5, 5.41) is 9.75. The van der Waals surface area contributed by atoms with Gasteiger partial charge in [-0.2, -0.15) is 0 Å². The molecule has 0 radical (unpaired) electrons. The monoisotopic (exact) mass is 221 g/mol. The van der Waals surface area contributed by atoms with Gasteiger partial charge in [0.15, 0.2) is 0 Å². The van der Waals surface area contributed by atoms with Gasteiger partial charge < -0.3 is 5.11 Å². The Hall–Kier alpha value is -0.860. The molecule has 0 fully saturated rings. The van der Waals surface area contributed by atoms with Crippen LogP contribution >= 0.6 is 0 Å². The molecule has 0 spiro atoms. The predicted octanol–water partition coefficient (Wildman–Crippen LogP) is 2.51. The predicted molar refractivity (Wildman–Crippen MR) is 68.5 cm³/mol. The van der Waals surface area contributed by atoms with Crippen molar-refractivity contribution >= 4 is 0 Å². The molecule has 1 N–H and O–H groups in total. The molecule has 2 heteroatoms. The van der Waals surface area contributed by atoms with Crippen molar-refractivity contribution < 1.29 is 5.11 Å². The first-order valence-electron chi connectivity index (χ1n) is 5.75. The Morgan fingerprint density at radius 1 is 1.25 bits per heavy atom. The lowest BCUT2D eigenvalue weighted by molar-refractivity contribution is 0.0424. The minimum absolute atomic E-state index is 0.632. The summed E-state index contributed by atoms with van der Waals surface area (Å²) in [7, 11) is 2.04. The van der Waals surface area contributed by atoms with E-state index >= 15 is 0 Å². The zero-order chi connectivity index (χ0) is 12.3. The van der Waals surface area contributed by atoms with Crippen molar-refractivity contribution in [1.82, 2.24) is 4.90 Å². The van der Waals surface area contributed by atoms with Gasteiger partial charge in [0.05, 0.1) is 5.60 Å². The van der Waals surface area contributed by atoms with Gasteiger partial charge in [-0.1, -0.05) is 23.8 Å². The quantitative estimate of drug-likeness (QED) is 0.844. The molecule has 0 aliphatic heterocycles. The van der Waals surface area contributed by atoms with Crippen molar-refractivity contribution in [3.05, 3.63) is 34.9 Å². The van der Waals surface area contributed by atoms with Gasteiger partial charge in [0.2, 0.25) is 0 Å². The molecule has 0 heterocycles. The molecule has 0 atom stereocenters. The molecule has 0 aliphatic carbocycles. The highest BCUT2D eigenvalue weighted by molar-refractivity contribution is 5.30. The first kappa shape index (κ1) is 13.2. The fourth-order valence-corrected chi connectivity index (χ4v) is 1.98. The Morgan fingerprint density at radius 3 is 2.44 bits per heavy atom. The maximum atomic E-state index is 9.75. The maximum absolute atomic E-state index is 9.75. The third-order valence-electron chi connectivity index (χ3n) is 2.60. The van der Waals surface area contributed by atoms with Crippen LogP contribution in [-0.4, -0.2) is 29.2 Å². The zero-order valence-corrected chi connectivity index (χ0v) is 11.0. The second-order valence-corrected chi connectivity index (χ2v) is 5.41. The average Bonchev–Trinajstić information content (AvgIpc) is 2.08.